The number of nitrogens with zero attached hydrogens (tertiary/aromatic N) is 1. The Bertz CT molecular complexity index is 659. The summed E-state index contributed by atoms with van der Waals surface area (Å²) in [6, 6.07) is 7.69. The fraction of sp³-hybridized carbons (Fsp3) is 0.412. The van der Waals surface area contributed by atoms with Gasteiger partial charge >= 0.3 is 0 Å². The first kappa shape index (κ1) is 15.1. The van der Waals surface area contributed by atoms with Crippen LogP contribution in [0.4, 0.5) is 0 Å². The van der Waals surface area contributed by atoms with Crippen LogP contribution in [-0.4, -0.2) is 22.1 Å². The van der Waals surface area contributed by atoms with Gasteiger partial charge in [-0.2, -0.15) is 5.10 Å². The van der Waals surface area contributed by atoms with E-state index in [-0.39, 0.29) is 11.9 Å². The molecule has 22 heavy (non-hydrogen) atoms. The van der Waals surface area contributed by atoms with Gasteiger partial charge in [-0.05, 0) is 43.7 Å². The Kier molecular flexibility index (Phi) is 4.48. The van der Waals surface area contributed by atoms with Crippen LogP contribution >= 0.6 is 11.6 Å². The molecule has 1 amide bonds. The summed E-state index contributed by atoms with van der Waals surface area (Å²) < 4.78 is 0. The van der Waals surface area contributed by atoms with Crippen LogP contribution in [-0.2, 0) is 0 Å². The fourth-order valence-corrected chi connectivity index (χ4v) is 3.18. The molecule has 4 nitrogen and oxygen atoms in total. The summed E-state index contributed by atoms with van der Waals surface area (Å²) in [6.07, 6.45) is 6.04. The maximum absolute atomic E-state index is 12.5. The van der Waals surface area contributed by atoms with Crippen molar-refractivity contribution in [3.05, 3.63) is 41.0 Å². The average molecular weight is 318 g/mol. The number of rotatable bonds is 3. The maximum Gasteiger partial charge on any atom is 0.255 e. The van der Waals surface area contributed by atoms with Gasteiger partial charge < -0.3 is 5.32 Å². The van der Waals surface area contributed by atoms with E-state index in [0.717, 1.165) is 24.3 Å². The SMILES string of the molecule is CC1CCC(NC(=O)c2cn[nH]c2-c2cccc(Cl)c2)CC1. The zero-order valence-corrected chi connectivity index (χ0v) is 13.4. The number of nitrogens with one attached hydrogen (secondary N) is 2. The second-order valence-electron chi connectivity index (χ2n) is 6.10. The van der Waals surface area contributed by atoms with Crippen LogP contribution in [0.5, 0.6) is 0 Å². The monoisotopic (exact) mass is 317 g/mol. The molecule has 1 saturated carbocycles. The highest BCUT2D eigenvalue weighted by Crippen LogP contribution is 2.26. The van der Waals surface area contributed by atoms with Gasteiger partial charge in [-0.3, -0.25) is 9.89 Å². The Morgan fingerprint density at radius 3 is 2.82 bits per heavy atom. The third-order valence-electron chi connectivity index (χ3n) is 4.35. The molecule has 1 aliphatic carbocycles. The van der Waals surface area contributed by atoms with Gasteiger partial charge in [0, 0.05) is 16.6 Å². The van der Waals surface area contributed by atoms with Crippen LogP contribution in [0.1, 0.15) is 43.0 Å². The lowest BCUT2D eigenvalue weighted by Gasteiger charge is -2.26. The summed E-state index contributed by atoms with van der Waals surface area (Å²) in [5.74, 6) is 0.701. The fourth-order valence-electron chi connectivity index (χ4n) is 2.99. The summed E-state index contributed by atoms with van der Waals surface area (Å²) in [5.41, 5.74) is 2.15. The van der Waals surface area contributed by atoms with Crippen molar-refractivity contribution in [1.82, 2.24) is 15.5 Å². The molecule has 1 aromatic heterocycles. The van der Waals surface area contributed by atoms with Gasteiger partial charge in [0.15, 0.2) is 0 Å². The number of carbonyl (C=O) groups is 1. The van der Waals surface area contributed by atoms with Crippen molar-refractivity contribution < 1.29 is 4.79 Å². The number of aromatic amines is 1. The van der Waals surface area contributed by atoms with Gasteiger partial charge in [0.1, 0.15) is 0 Å². The number of H-pyrrole nitrogens is 1. The highest BCUT2D eigenvalue weighted by molar-refractivity contribution is 6.30. The number of carbonyl (C=O) groups excluding carboxylic acids is 1. The minimum absolute atomic E-state index is 0.0664. The van der Waals surface area contributed by atoms with Gasteiger partial charge in [-0.15, -0.1) is 0 Å². The number of amides is 1. The van der Waals surface area contributed by atoms with E-state index in [0.29, 0.717) is 16.3 Å². The highest BCUT2D eigenvalue weighted by Gasteiger charge is 2.22. The normalized spacial score (nSPS) is 21.5. The van der Waals surface area contributed by atoms with E-state index in [9.17, 15) is 4.79 Å². The Hall–Kier alpha value is -1.81. The first-order valence-corrected chi connectivity index (χ1v) is 8.11. The van der Waals surface area contributed by atoms with Crippen molar-refractivity contribution in [3.63, 3.8) is 0 Å². The summed E-state index contributed by atoms with van der Waals surface area (Å²) in [4.78, 5) is 12.5. The molecule has 1 aliphatic rings. The van der Waals surface area contributed by atoms with Gasteiger partial charge in [0.05, 0.1) is 17.5 Å². The zero-order valence-electron chi connectivity index (χ0n) is 12.6. The van der Waals surface area contributed by atoms with Crippen LogP contribution in [0.25, 0.3) is 11.3 Å². The smallest absolute Gasteiger partial charge is 0.255 e. The predicted octanol–water partition coefficient (Wildman–Crippen LogP) is 4.04. The van der Waals surface area contributed by atoms with Gasteiger partial charge in [-0.1, -0.05) is 30.7 Å². The number of hydrogen-bond acceptors (Lipinski definition) is 2. The molecule has 2 N–H and O–H groups in total. The molecule has 1 heterocycles. The van der Waals surface area contributed by atoms with Crippen molar-refractivity contribution in [2.75, 3.05) is 0 Å². The van der Waals surface area contributed by atoms with Gasteiger partial charge in [0.25, 0.3) is 5.91 Å². The van der Waals surface area contributed by atoms with Crippen molar-refractivity contribution in [2.45, 2.75) is 38.6 Å². The summed E-state index contributed by atoms with van der Waals surface area (Å²) in [5, 5.41) is 10.7. The minimum Gasteiger partial charge on any atom is -0.349 e. The zero-order chi connectivity index (χ0) is 15.5. The van der Waals surface area contributed by atoms with Crippen LogP contribution in [0, 0.1) is 5.92 Å². The highest BCUT2D eigenvalue weighted by atomic mass is 35.5. The molecule has 0 saturated heterocycles. The third-order valence-corrected chi connectivity index (χ3v) is 4.58. The molecule has 1 fully saturated rings. The Labute approximate surface area is 135 Å². The van der Waals surface area contributed by atoms with E-state index in [1.54, 1.807) is 6.20 Å². The molecule has 0 atom stereocenters. The Morgan fingerprint density at radius 2 is 2.09 bits per heavy atom. The quantitative estimate of drug-likeness (QED) is 0.897. The Morgan fingerprint density at radius 1 is 1.32 bits per heavy atom. The van der Waals surface area contributed by atoms with E-state index in [2.05, 4.69) is 22.4 Å². The minimum atomic E-state index is -0.0664. The maximum atomic E-state index is 12.5. The van der Waals surface area contributed by atoms with Crippen molar-refractivity contribution >= 4 is 17.5 Å². The predicted molar refractivity (Wildman–Crippen MR) is 87.9 cm³/mol. The van der Waals surface area contributed by atoms with Crippen LogP contribution in [0.3, 0.4) is 0 Å². The molecule has 0 spiro atoms. The van der Waals surface area contributed by atoms with E-state index in [4.69, 9.17) is 11.6 Å². The molecule has 0 radical (unpaired) electrons. The number of aromatic nitrogens is 2. The van der Waals surface area contributed by atoms with E-state index >= 15 is 0 Å². The van der Waals surface area contributed by atoms with E-state index in [1.165, 1.54) is 12.8 Å². The van der Waals surface area contributed by atoms with Crippen LogP contribution in [0.2, 0.25) is 5.02 Å². The van der Waals surface area contributed by atoms with Crippen molar-refractivity contribution in [2.24, 2.45) is 5.92 Å². The molecular weight excluding hydrogens is 298 g/mol. The summed E-state index contributed by atoms with van der Waals surface area (Å²) in [6.45, 7) is 2.27. The van der Waals surface area contributed by atoms with Gasteiger partial charge in [0.2, 0.25) is 0 Å². The van der Waals surface area contributed by atoms with Crippen molar-refractivity contribution in [3.8, 4) is 11.3 Å². The Balaban J connectivity index is 1.75. The topological polar surface area (TPSA) is 57.8 Å². The number of halogens is 1. The first-order chi connectivity index (χ1) is 10.6. The lowest BCUT2D eigenvalue weighted by atomic mass is 9.87. The van der Waals surface area contributed by atoms with Crippen molar-refractivity contribution in [1.29, 1.82) is 0 Å². The summed E-state index contributed by atoms with van der Waals surface area (Å²) in [7, 11) is 0. The average Bonchev–Trinajstić information content (AvgIpc) is 2.99. The summed E-state index contributed by atoms with van der Waals surface area (Å²) >= 11 is 6.03. The largest absolute Gasteiger partial charge is 0.349 e. The van der Waals surface area contributed by atoms with Crippen LogP contribution < -0.4 is 5.32 Å². The van der Waals surface area contributed by atoms with E-state index < -0.39 is 0 Å². The molecule has 0 bridgehead atoms. The molecule has 116 valence electrons. The molecule has 0 aliphatic heterocycles. The lowest BCUT2D eigenvalue weighted by molar-refractivity contribution is 0.0923. The molecule has 0 unspecified atom stereocenters. The van der Waals surface area contributed by atoms with Crippen LogP contribution in [0.15, 0.2) is 30.5 Å². The molecule has 3 rings (SSSR count). The third kappa shape index (κ3) is 3.33. The molecule has 5 heteroatoms. The second kappa shape index (κ2) is 6.53. The molecular formula is C17H20ClN3O. The second-order valence-corrected chi connectivity index (χ2v) is 6.54. The van der Waals surface area contributed by atoms with E-state index in [1.807, 2.05) is 24.3 Å². The lowest BCUT2D eigenvalue weighted by Crippen LogP contribution is -2.37. The molecule has 2 aromatic rings. The van der Waals surface area contributed by atoms with Gasteiger partial charge in [-0.25, -0.2) is 0 Å². The standard InChI is InChI=1S/C17H20ClN3O/c1-11-5-7-14(8-6-11)20-17(22)15-10-19-21-16(15)12-3-2-4-13(18)9-12/h2-4,9-11,14H,5-8H2,1H3,(H,19,21)(H,20,22). The first-order valence-electron chi connectivity index (χ1n) is 7.73. The number of hydrogen-bond donors (Lipinski definition) is 2. The number of benzene rings is 1. The molecule has 1 aromatic carbocycles.